The van der Waals surface area contributed by atoms with E-state index in [1.165, 1.54) is 18.4 Å². The maximum atomic E-state index is 5.91. The second-order valence-corrected chi connectivity index (χ2v) is 11.0. The summed E-state index contributed by atoms with van der Waals surface area (Å²) in [7, 11) is 4.06. The number of aromatic nitrogens is 2. The Morgan fingerprint density at radius 1 is 0.943 bits per heavy atom. The van der Waals surface area contributed by atoms with Gasteiger partial charge in [-0.25, -0.2) is 4.98 Å². The molecule has 0 saturated heterocycles. The van der Waals surface area contributed by atoms with Crippen LogP contribution in [0.4, 0.5) is 11.8 Å². The molecular weight excluding hydrogens is 434 g/mol. The molecule has 2 aromatic carbocycles. The average molecular weight is 476 g/mol. The van der Waals surface area contributed by atoms with Gasteiger partial charge in [0.2, 0.25) is 5.95 Å². The first-order valence-corrected chi connectivity index (χ1v) is 12.9. The molecule has 0 amide bonds. The zero-order valence-corrected chi connectivity index (χ0v) is 22.0. The first kappa shape index (κ1) is 25.2. The molecule has 0 atom stereocenters. The molecule has 0 spiro atoms. The van der Waals surface area contributed by atoms with E-state index < -0.39 is 0 Å². The Bertz CT molecular complexity index is 1080. The lowest BCUT2D eigenvalue weighted by molar-refractivity contribution is 0.289. The molecular formula is C29H41N5O. The molecule has 0 bridgehead atoms. The van der Waals surface area contributed by atoms with E-state index in [1.807, 2.05) is 26.2 Å². The standard InChI is InChI=1S/C29H41N5O/c1-29(2,3)22-12-16-24(17-13-22)35-19-18-30-20-21-10-14-23(15-11-21)31-28-32-26-9-7-6-8-25(26)27(33-28)34(4)5/h6-9,12-13,16-17,21,23,30H,10-11,14-15,18-20H2,1-5H3,(H,31,32,33)/t21-,23+. The summed E-state index contributed by atoms with van der Waals surface area (Å²) >= 11 is 0. The largest absolute Gasteiger partial charge is 0.492 e. The average Bonchev–Trinajstić information content (AvgIpc) is 2.84. The van der Waals surface area contributed by atoms with Crippen molar-refractivity contribution >= 4 is 22.7 Å². The fourth-order valence-electron chi connectivity index (χ4n) is 4.76. The van der Waals surface area contributed by atoms with Crippen molar-refractivity contribution in [2.45, 2.75) is 57.9 Å². The number of para-hydroxylation sites is 1. The van der Waals surface area contributed by atoms with Crippen molar-refractivity contribution in [3.63, 3.8) is 0 Å². The van der Waals surface area contributed by atoms with Crippen molar-refractivity contribution in [3.05, 3.63) is 54.1 Å². The fourth-order valence-corrected chi connectivity index (χ4v) is 4.76. The van der Waals surface area contributed by atoms with Gasteiger partial charge in [0.05, 0.1) is 5.52 Å². The summed E-state index contributed by atoms with van der Waals surface area (Å²) < 4.78 is 5.91. The van der Waals surface area contributed by atoms with Crippen LogP contribution >= 0.6 is 0 Å². The molecule has 35 heavy (non-hydrogen) atoms. The molecule has 1 heterocycles. The zero-order valence-electron chi connectivity index (χ0n) is 22.0. The van der Waals surface area contributed by atoms with Crippen LogP contribution in [0.5, 0.6) is 5.75 Å². The van der Waals surface area contributed by atoms with Crippen LogP contribution in [0.3, 0.4) is 0 Å². The lowest BCUT2D eigenvalue weighted by atomic mass is 9.86. The highest BCUT2D eigenvalue weighted by atomic mass is 16.5. The van der Waals surface area contributed by atoms with Gasteiger partial charge in [-0.3, -0.25) is 0 Å². The van der Waals surface area contributed by atoms with Gasteiger partial charge < -0.3 is 20.3 Å². The summed E-state index contributed by atoms with van der Waals surface area (Å²) in [5.41, 5.74) is 2.49. The highest BCUT2D eigenvalue weighted by Gasteiger charge is 2.22. The molecule has 1 fully saturated rings. The summed E-state index contributed by atoms with van der Waals surface area (Å²) in [5, 5.41) is 8.28. The predicted molar refractivity (Wildman–Crippen MR) is 147 cm³/mol. The van der Waals surface area contributed by atoms with Gasteiger partial charge in [-0.05, 0) is 73.4 Å². The van der Waals surface area contributed by atoms with Crippen LogP contribution < -0.4 is 20.3 Å². The van der Waals surface area contributed by atoms with Crippen LogP contribution in [0.2, 0.25) is 0 Å². The van der Waals surface area contributed by atoms with Crippen molar-refractivity contribution in [3.8, 4) is 5.75 Å². The Labute approximate surface area is 210 Å². The van der Waals surface area contributed by atoms with Gasteiger partial charge in [0, 0.05) is 32.1 Å². The minimum absolute atomic E-state index is 0.173. The number of nitrogens with one attached hydrogen (secondary N) is 2. The van der Waals surface area contributed by atoms with Crippen LogP contribution in [-0.2, 0) is 5.41 Å². The number of fused-ring (bicyclic) bond motifs is 1. The maximum absolute atomic E-state index is 5.91. The van der Waals surface area contributed by atoms with E-state index in [-0.39, 0.29) is 5.41 Å². The third kappa shape index (κ3) is 6.85. The van der Waals surface area contributed by atoms with Gasteiger partial charge in [-0.1, -0.05) is 45.0 Å². The summed E-state index contributed by atoms with van der Waals surface area (Å²) in [6.45, 7) is 9.31. The van der Waals surface area contributed by atoms with E-state index in [0.717, 1.165) is 54.3 Å². The van der Waals surface area contributed by atoms with E-state index in [1.54, 1.807) is 0 Å². The predicted octanol–water partition coefficient (Wildman–Crippen LogP) is 5.63. The highest BCUT2D eigenvalue weighted by molar-refractivity contribution is 5.90. The Hall–Kier alpha value is -2.86. The number of benzene rings is 2. The summed E-state index contributed by atoms with van der Waals surface area (Å²) in [6, 6.07) is 17.1. The molecule has 4 rings (SSSR count). The Morgan fingerprint density at radius 3 is 2.34 bits per heavy atom. The molecule has 1 aliphatic rings. The maximum Gasteiger partial charge on any atom is 0.225 e. The third-order valence-electron chi connectivity index (χ3n) is 6.89. The van der Waals surface area contributed by atoms with Crippen molar-refractivity contribution in [1.29, 1.82) is 0 Å². The van der Waals surface area contributed by atoms with Gasteiger partial charge in [-0.2, -0.15) is 4.98 Å². The van der Waals surface area contributed by atoms with Crippen LogP contribution in [0.1, 0.15) is 52.0 Å². The molecule has 188 valence electrons. The second-order valence-electron chi connectivity index (χ2n) is 11.0. The molecule has 0 unspecified atom stereocenters. The van der Waals surface area contributed by atoms with E-state index >= 15 is 0 Å². The molecule has 1 aliphatic carbocycles. The summed E-state index contributed by atoms with van der Waals surface area (Å²) in [4.78, 5) is 11.6. The van der Waals surface area contributed by atoms with Crippen molar-refractivity contribution in [2.75, 3.05) is 44.0 Å². The fraction of sp³-hybridized carbons (Fsp3) is 0.517. The number of hydrogen-bond acceptors (Lipinski definition) is 6. The quantitative estimate of drug-likeness (QED) is 0.391. The number of anilines is 2. The molecule has 6 heteroatoms. The van der Waals surface area contributed by atoms with Gasteiger partial charge in [0.25, 0.3) is 0 Å². The molecule has 1 saturated carbocycles. The Kier molecular flexibility index (Phi) is 8.11. The van der Waals surface area contributed by atoms with Crippen LogP contribution in [0.15, 0.2) is 48.5 Å². The molecule has 0 aliphatic heterocycles. The molecule has 3 aromatic rings. The summed E-state index contributed by atoms with van der Waals surface area (Å²) in [6.07, 6.45) is 4.73. The molecule has 2 N–H and O–H groups in total. The van der Waals surface area contributed by atoms with Gasteiger partial charge >= 0.3 is 0 Å². The second kappa shape index (κ2) is 11.3. The zero-order chi connectivity index (χ0) is 24.8. The van der Waals surface area contributed by atoms with Gasteiger partial charge in [0.15, 0.2) is 0 Å². The molecule has 0 radical (unpaired) electrons. The number of rotatable bonds is 9. The highest BCUT2D eigenvalue weighted by Crippen LogP contribution is 2.28. The number of nitrogens with zero attached hydrogens (tertiary/aromatic N) is 3. The minimum atomic E-state index is 0.173. The summed E-state index contributed by atoms with van der Waals surface area (Å²) in [5.74, 6) is 3.36. The smallest absolute Gasteiger partial charge is 0.225 e. The van der Waals surface area contributed by atoms with E-state index in [2.05, 4.69) is 72.7 Å². The Balaban J connectivity index is 1.17. The Morgan fingerprint density at radius 2 is 1.66 bits per heavy atom. The molecule has 1 aromatic heterocycles. The topological polar surface area (TPSA) is 62.3 Å². The molecule has 6 nitrogen and oxygen atoms in total. The van der Waals surface area contributed by atoms with Crippen molar-refractivity contribution in [2.24, 2.45) is 5.92 Å². The monoisotopic (exact) mass is 475 g/mol. The van der Waals surface area contributed by atoms with E-state index in [0.29, 0.717) is 18.6 Å². The lowest BCUT2D eigenvalue weighted by Crippen LogP contribution is -2.33. The van der Waals surface area contributed by atoms with Crippen LogP contribution in [0, 0.1) is 5.92 Å². The third-order valence-corrected chi connectivity index (χ3v) is 6.89. The van der Waals surface area contributed by atoms with Crippen molar-refractivity contribution < 1.29 is 4.74 Å². The lowest BCUT2D eigenvalue weighted by Gasteiger charge is -2.29. The van der Waals surface area contributed by atoms with Crippen molar-refractivity contribution in [1.82, 2.24) is 15.3 Å². The number of hydrogen-bond donors (Lipinski definition) is 2. The van der Waals surface area contributed by atoms with Gasteiger partial charge in [-0.15, -0.1) is 0 Å². The number of ether oxygens (including phenoxy) is 1. The van der Waals surface area contributed by atoms with Gasteiger partial charge in [0.1, 0.15) is 18.2 Å². The van der Waals surface area contributed by atoms with Crippen LogP contribution in [0.25, 0.3) is 10.9 Å². The van der Waals surface area contributed by atoms with E-state index in [9.17, 15) is 0 Å². The van der Waals surface area contributed by atoms with Crippen LogP contribution in [-0.4, -0.2) is 49.8 Å². The van der Waals surface area contributed by atoms with E-state index in [4.69, 9.17) is 14.7 Å². The first-order valence-electron chi connectivity index (χ1n) is 12.9. The SMILES string of the molecule is CN(C)c1nc(N[C@H]2CC[C@@H](CNCCOc3ccc(C(C)(C)C)cc3)CC2)nc2ccccc12. The minimum Gasteiger partial charge on any atom is -0.492 e. The normalized spacial score (nSPS) is 18.4. The first-order chi connectivity index (χ1) is 16.8.